The summed E-state index contributed by atoms with van der Waals surface area (Å²) < 4.78 is 12.4. The van der Waals surface area contributed by atoms with Crippen LogP contribution in [0.2, 0.25) is 0 Å². The van der Waals surface area contributed by atoms with Gasteiger partial charge in [-0.3, -0.25) is 20.0 Å². The van der Waals surface area contributed by atoms with Gasteiger partial charge in [0.05, 0.1) is 16.0 Å². The molecule has 1 unspecified atom stereocenters. The Morgan fingerprint density at radius 2 is 1.83 bits per heavy atom. The lowest BCUT2D eigenvalue weighted by Gasteiger charge is -2.38. The van der Waals surface area contributed by atoms with Crippen molar-refractivity contribution in [3.8, 4) is 11.5 Å². The Kier molecular flexibility index (Phi) is 5.33. The van der Waals surface area contributed by atoms with E-state index in [1.54, 1.807) is 12.1 Å². The second kappa shape index (κ2) is 8.66. The van der Waals surface area contributed by atoms with Crippen molar-refractivity contribution in [1.29, 1.82) is 0 Å². The number of ether oxygens (including phenoxy) is 2. The number of pyridine rings is 2. The van der Waals surface area contributed by atoms with Crippen molar-refractivity contribution < 1.29 is 14.4 Å². The molecule has 4 aromatic rings. The van der Waals surface area contributed by atoms with Crippen LogP contribution in [0.1, 0.15) is 5.69 Å². The van der Waals surface area contributed by atoms with E-state index in [0.717, 1.165) is 77.5 Å². The summed E-state index contributed by atoms with van der Waals surface area (Å²) in [6.07, 6.45) is -0.0458. The molecular formula is C26H25N5O4. The number of nitro benzene ring substituents is 1. The number of nitrogens with zero attached hydrogens (tertiary/aromatic N) is 5. The van der Waals surface area contributed by atoms with Crippen LogP contribution in [0.5, 0.6) is 11.5 Å². The first-order chi connectivity index (χ1) is 17.0. The minimum absolute atomic E-state index is 0.0458. The Bertz CT molecular complexity index is 1430. The van der Waals surface area contributed by atoms with Gasteiger partial charge >= 0.3 is 0 Å². The number of piperazine rings is 1. The molecule has 0 amide bonds. The van der Waals surface area contributed by atoms with Gasteiger partial charge in [-0.1, -0.05) is 0 Å². The largest absolute Gasteiger partial charge is 0.486 e. The normalized spacial score (nSPS) is 18.2. The van der Waals surface area contributed by atoms with Crippen molar-refractivity contribution in [3.63, 3.8) is 0 Å². The molecule has 6 rings (SSSR count). The number of nitro groups is 1. The molecule has 1 saturated heterocycles. The average molecular weight is 472 g/mol. The van der Waals surface area contributed by atoms with E-state index in [1.165, 1.54) is 6.07 Å². The first kappa shape index (κ1) is 21.5. The highest BCUT2D eigenvalue weighted by molar-refractivity contribution is 5.88. The van der Waals surface area contributed by atoms with Crippen molar-refractivity contribution in [2.75, 3.05) is 44.2 Å². The third-order valence-electron chi connectivity index (χ3n) is 6.66. The van der Waals surface area contributed by atoms with Crippen LogP contribution in [0.15, 0.2) is 54.6 Å². The molecule has 0 bridgehead atoms. The van der Waals surface area contributed by atoms with Crippen LogP contribution in [0.4, 0.5) is 11.5 Å². The van der Waals surface area contributed by atoms with Crippen LogP contribution >= 0.6 is 0 Å². The lowest BCUT2D eigenvalue weighted by atomic mass is 10.1. The van der Waals surface area contributed by atoms with Gasteiger partial charge in [-0.2, -0.15) is 0 Å². The Hall–Kier alpha value is -3.98. The lowest BCUT2D eigenvalue weighted by molar-refractivity contribution is -0.384. The van der Waals surface area contributed by atoms with Crippen LogP contribution in [-0.2, 0) is 0 Å². The summed E-state index contributed by atoms with van der Waals surface area (Å²) in [4.78, 5) is 24.6. The highest BCUT2D eigenvalue weighted by atomic mass is 16.6. The Morgan fingerprint density at radius 3 is 2.66 bits per heavy atom. The van der Waals surface area contributed by atoms with Crippen molar-refractivity contribution >= 4 is 33.3 Å². The van der Waals surface area contributed by atoms with Gasteiger partial charge in [-0.25, -0.2) is 4.98 Å². The maximum Gasteiger partial charge on any atom is 0.270 e. The monoisotopic (exact) mass is 471 g/mol. The van der Waals surface area contributed by atoms with E-state index in [-0.39, 0.29) is 16.7 Å². The number of aromatic nitrogens is 2. The fraction of sp³-hybridized carbons (Fsp3) is 0.308. The van der Waals surface area contributed by atoms with E-state index in [2.05, 4.69) is 20.9 Å². The number of aryl methyl sites for hydroxylation is 1. The van der Waals surface area contributed by atoms with Gasteiger partial charge in [0.1, 0.15) is 18.5 Å². The van der Waals surface area contributed by atoms with Crippen LogP contribution in [0.25, 0.3) is 21.8 Å². The van der Waals surface area contributed by atoms with Gasteiger partial charge in [-0.05, 0) is 49.4 Å². The zero-order valence-corrected chi connectivity index (χ0v) is 19.4. The lowest BCUT2D eigenvalue weighted by Crippen LogP contribution is -2.50. The number of fused-ring (bicyclic) bond motifs is 4. The van der Waals surface area contributed by atoms with E-state index in [0.29, 0.717) is 6.61 Å². The summed E-state index contributed by atoms with van der Waals surface area (Å²) in [6, 6.07) is 16.6. The molecule has 1 fully saturated rings. The van der Waals surface area contributed by atoms with Gasteiger partial charge in [0.15, 0.2) is 11.5 Å². The first-order valence-electron chi connectivity index (χ1n) is 11.8. The molecular weight excluding hydrogens is 446 g/mol. The molecule has 0 aliphatic carbocycles. The Morgan fingerprint density at radius 1 is 1.00 bits per heavy atom. The highest BCUT2D eigenvalue weighted by Crippen LogP contribution is 2.38. The summed E-state index contributed by atoms with van der Waals surface area (Å²) in [6.45, 7) is 6.78. The van der Waals surface area contributed by atoms with Gasteiger partial charge < -0.3 is 14.4 Å². The highest BCUT2D eigenvalue weighted by Gasteiger charge is 2.27. The van der Waals surface area contributed by atoms with Crippen LogP contribution in [-0.4, -0.2) is 65.2 Å². The van der Waals surface area contributed by atoms with Gasteiger partial charge in [0, 0.05) is 61.3 Å². The average Bonchev–Trinajstić information content (AvgIpc) is 2.88. The molecule has 178 valence electrons. The number of benzene rings is 2. The van der Waals surface area contributed by atoms with Crippen molar-refractivity contribution in [2.45, 2.75) is 13.0 Å². The molecule has 2 aromatic heterocycles. The number of anilines is 1. The first-order valence-corrected chi connectivity index (χ1v) is 11.8. The predicted octanol–water partition coefficient (Wildman–Crippen LogP) is 3.96. The zero-order valence-electron chi connectivity index (χ0n) is 19.4. The Balaban J connectivity index is 1.10. The van der Waals surface area contributed by atoms with E-state index in [1.807, 2.05) is 37.3 Å². The summed E-state index contributed by atoms with van der Waals surface area (Å²) in [5.74, 6) is 2.45. The zero-order chi connectivity index (χ0) is 23.9. The maximum absolute atomic E-state index is 11.0. The summed E-state index contributed by atoms with van der Waals surface area (Å²) in [5.41, 5.74) is 2.74. The van der Waals surface area contributed by atoms with Gasteiger partial charge in [-0.15, -0.1) is 0 Å². The maximum atomic E-state index is 11.0. The van der Waals surface area contributed by atoms with Gasteiger partial charge in [0.2, 0.25) is 0 Å². The van der Waals surface area contributed by atoms with Crippen LogP contribution in [0.3, 0.4) is 0 Å². The number of hydrogen-bond donors (Lipinski definition) is 0. The molecule has 9 heteroatoms. The summed E-state index contributed by atoms with van der Waals surface area (Å²) in [7, 11) is 0. The van der Waals surface area contributed by atoms with E-state index in [4.69, 9.17) is 14.5 Å². The molecule has 0 radical (unpaired) electrons. The third kappa shape index (κ3) is 4.19. The smallest absolute Gasteiger partial charge is 0.270 e. The van der Waals surface area contributed by atoms with Crippen LogP contribution < -0.4 is 14.4 Å². The number of non-ortho nitro benzene ring substituents is 1. The van der Waals surface area contributed by atoms with Crippen molar-refractivity contribution in [1.82, 2.24) is 14.9 Å². The molecule has 0 spiro atoms. The summed E-state index contributed by atoms with van der Waals surface area (Å²) >= 11 is 0. The van der Waals surface area contributed by atoms with Crippen molar-refractivity contribution in [2.24, 2.45) is 0 Å². The Labute approximate surface area is 202 Å². The van der Waals surface area contributed by atoms with Crippen LogP contribution in [0, 0.1) is 17.0 Å². The molecule has 2 aliphatic heterocycles. The molecule has 35 heavy (non-hydrogen) atoms. The predicted molar refractivity (Wildman–Crippen MR) is 133 cm³/mol. The standard InChI is InChI=1S/C26H25N5O4/c1-17-2-5-21-23(27-17)7-8-24-26(21)35-20(16-34-24)15-29-10-12-30(13-11-29)25-9-3-18-14-19(31(32)33)4-6-22(18)28-25/h2-9,14,20H,10-13,15-16H2,1H3. The number of rotatable bonds is 4. The molecule has 0 N–H and O–H groups in total. The quantitative estimate of drug-likeness (QED) is 0.326. The molecule has 1 atom stereocenters. The molecule has 2 aromatic carbocycles. The molecule has 0 saturated carbocycles. The van der Waals surface area contributed by atoms with E-state index >= 15 is 0 Å². The van der Waals surface area contributed by atoms with E-state index in [9.17, 15) is 10.1 Å². The van der Waals surface area contributed by atoms with Crippen molar-refractivity contribution in [3.05, 3.63) is 70.4 Å². The molecule has 4 heterocycles. The van der Waals surface area contributed by atoms with E-state index < -0.39 is 0 Å². The third-order valence-corrected chi connectivity index (χ3v) is 6.66. The topological polar surface area (TPSA) is 93.9 Å². The minimum Gasteiger partial charge on any atom is -0.486 e. The molecule has 9 nitrogen and oxygen atoms in total. The SMILES string of the molecule is Cc1ccc2c3c(ccc2n1)OCC(CN1CCN(c2ccc4cc([N+](=O)[O-])ccc4n2)CC1)O3. The minimum atomic E-state index is -0.382. The fourth-order valence-electron chi connectivity index (χ4n) is 4.81. The summed E-state index contributed by atoms with van der Waals surface area (Å²) in [5, 5.41) is 12.8. The molecule has 2 aliphatic rings. The fourth-order valence-corrected chi connectivity index (χ4v) is 4.81. The second-order valence-corrected chi connectivity index (χ2v) is 9.05. The van der Waals surface area contributed by atoms with Gasteiger partial charge in [0.25, 0.3) is 5.69 Å². The number of hydrogen-bond acceptors (Lipinski definition) is 8. The second-order valence-electron chi connectivity index (χ2n) is 9.05.